The molecule has 2 aliphatic heterocycles. The van der Waals surface area contributed by atoms with E-state index in [-0.39, 0.29) is 6.10 Å². The van der Waals surface area contributed by atoms with E-state index in [1.807, 2.05) is 6.20 Å². The fourth-order valence-electron chi connectivity index (χ4n) is 5.87. The smallest absolute Gasteiger partial charge is 0.149 e. The Labute approximate surface area is 212 Å². The van der Waals surface area contributed by atoms with Crippen LogP contribution in [0.15, 0.2) is 36.8 Å². The number of rotatable bonds is 6. The van der Waals surface area contributed by atoms with Gasteiger partial charge in [-0.2, -0.15) is 0 Å². The second-order valence-electron chi connectivity index (χ2n) is 10.4. The van der Waals surface area contributed by atoms with E-state index in [1.165, 1.54) is 18.5 Å². The van der Waals surface area contributed by atoms with Gasteiger partial charge in [0.25, 0.3) is 0 Å². The van der Waals surface area contributed by atoms with Gasteiger partial charge in [-0.05, 0) is 69.7 Å². The van der Waals surface area contributed by atoms with Crippen LogP contribution in [-0.4, -0.2) is 65.4 Å². The van der Waals surface area contributed by atoms with Gasteiger partial charge in [0.15, 0.2) is 0 Å². The van der Waals surface area contributed by atoms with Crippen molar-refractivity contribution in [3.8, 4) is 5.75 Å². The average molecular weight is 489 g/mol. The van der Waals surface area contributed by atoms with Crippen LogP contribution in [0.1, 0.15) is 56.0 Å². The summed E-state index contributed by atoms with van der Waals surface area (Å²) in [4.78, 5) is 21.1. The van der Waals surface area contributed by atoms with Gasteiger partial charge in [-0.25, -0.2) is 15.0 Å². The lowest BCUT2D eigenvalue weighted by atomic mass is 9.85. The number of morpholine rings is 1. The molecule has 8 nitrogen and oxygen atoms in total. The number of benzene rings is 1. The maximum atomic E-state index is 6.60. The lowest BCUT2D eigenvalue weighted by Gasteiger charge is -2.31. The summed E-state index contributed by atoms with van der Waals surface area (Å²) in [6.45, 7) is 5.45. The Kier molecular flexibility index (Phi) is 7.23. The van der Waals surface area contributed by atoms with Crippen molar-refractivity contribution >= 4 is 16.7 Å². The first-order valence-corrected chi connectivity index (χ1v) is 13.6. The molecule has 2 aromatic heterocycles. The minimum absolute atomic E-state index is 0.202. The number of hydrogen-bond acceptors (Lipinski definition) is 8. The molecule has 0 unspecified atom stereocenters. The van der Waals surface area contributed by atoms with Crippen molar-refractivity contribution in [2.75, 3.05) is 44.3 Å². The summed E-state index contributed by atoms with van der Waals surface area (Å²) >= 11 is 0. The first-order chi connectivity index (χ1) is 17.8. The van der Waals surface area contributed by atoms with Crippen molar-refractivity contribution < 1.29 is 9.47 Å². The van der Waals surface area contributed by atoms with Crippen molar-refractivity contribution in [3.63, 3.8) is 0 Å². The van der Waals surface area contributed by atoms with Crippen LogP contribution >= 0.6 is 0 Å². The third kappa shape index (κ3) is 5.44. The Morgan fingerprint density at radius 2 is 1.72 bits per heavy atom. The maximum absolute atomic E-state index is 6.60. The summed E-state index contributed by atoms with van der Waals surface area (Å²) in [5.74, 6) is 3.05. The second kappa shape index (κ2) is 11.0. The molecule has 4 heterocycles. The third-order valence-electron chi connectivity index (χ3n) is 7.94. The summed E-state index contributed by atoms with van der Waals surface area (Å²) in [7, 11) is 0. The van der Waals surface area contributed by atoms with Crippen LogP contribution in [0, 0.1) is 5.92 Å². The normalized spacial score (nSPS) is 23.6. The molecule has 0 atom stereocenters. The van der Waals surface area contributed by atoms with Crippen molar-refractivity contribution in [1.82, 2.24) is 25.3 Å². The van der Waals surface area contributed by atoms with Crippen LogP contribution < -0.4 is 15.0 Å². The molecular weight excluding hydrogens is 452 g/mol. The van der Waals surface area contributed by atoms with E-state index in [0.29, 0.717) is 11.8 Å². The molecule has 3 fully saturated rings. The number of anilines is 1. The zero-order valence-corrected chi connectivity index (χ0v) is 20.9. The highest BCUT2D eigenvalue weighted by molar-refractivity contribution is 5.85. The minimum atomic E-state index is 0.202. The maximum Gasteiger partial charge on any atom is 0.149 e. The first kappa shape index (κ1) is 23.6. The zero-order valence-electron chi connectivity index (χ0n) is 20.9. The van der Waals surface area contributed by atoms with Crippen LogP contribution in [0.3, 0.4) is 0 Å². The second-order valence-corrected chi connectivity index (χ2v) is 10.4. The van der Waals surface area contributed by atoms with Gasteiger partial charge in [0.2, 0.25) is 0 Å². The molecule has 8 heteroatoms. The van der Waals surface area contributed by atoms with Crippen molar-refractivity contribution in [3.05, 3.63) is 48.3 Å². The van der Waals surface area contributed by atoms with Gasteiger partial charge in [0, 0.05) is 61.5 Å². The number of nitrogens with one attached hydrogen (secondary N) is 1. The van der Waals surface area contributed by atoms with E-state index in [1.54, 1.807) is 12.4 Å². The molecule has 1 aliphatic carbocycles. The van der Waals surface area contributed by atoms with Gasteiger partial charge in [-0.15, -0.1) is 0 Å². The SMILES string of the molecule is c1cc(C2CCNCC2)nc(CC2CCC(Oc3cc(N4CCOCC4)cc4nccnc34)CC2)n1. The Hall–Kier alpha value is -2.84. The molecule has 0 bridgehead atoms. The Morgan fingerprint density at radius 3 is 2.56 bits per heavy atom. The summed E-state index contributed by atoms with van der Waals surface area (Å²) in [6.07, 6.45) is 13.3. The fourth-order valence-corrected chi connectivity index (χ4v) is 5.87. The van der Waals surface area contributed by atoms with E-state index >= 15 is 0 Å². The molecule has 0 amide bonds. The van der Waals surface area contributed by atoms with Crippen LogP contribution in [0.2, 0.25) is 0 Å². The minimum Gasteiger partial charge on any atom is -0.488 e. The predicted octanol–water partition coefficient (Wildman–Crippen LogP) is 3.90. The van der Waals surface area contributed by atoms with Gasteiger partial charge in [-0.1, -0.05) is 0 Å². The lowest BCUT2D eigenvalue weighted by Crippen LogP contribution is -2.36. The quantitative estimate of drug-likeness (QED) is 0.559. The molecule has 1 aromatic carbocycles. The van der Waals surface area contributed by atoms with E-state index in [9.17, 15) is 0 Å². The Morgan fingerprint density at radius 1 is 0.917 bits per heavy atom. The monoisotopic (exact) mass is 488 g/mol. The van der Waals surface area contributed by atoms with Crippen LogP contribution in [0.4, 0.5) is 5.69 Å². The van der Waals surface area contributed by atoms with Gasteiger partial charge in [0.05, 0.1) is 24.8 Å². The molecule has 0 spiro atoms. The fraction of sp³-hybridized carbons (Fsp3) is 0.571. The highest BCUT2D eigenvalue weighted by Gasteiger charge is 2.25. The topological polar surface area (TPSA) is 85.3 Å². The lowest BCUT2D eigenvalue weighted by molar-refractivity contribution is 0.122. The van der Waals surface area contributed by atoms with Gasteiger partial charge in [0.1, 0.15) is 17.1 Å². The number of ether oxygens (including phenoxy) is 2. The summed E-state index contributed by atoms with van der Waals surface area (Å²) in [5, 5.41) is 3.45. The average Bonchev–Trinajstić information content (AvgIpc) is 2.95. The van der Waals surface area contributed by atoms with E-state index in [0.717, 1.165) is 99.8 Å². The highest BCUT2D eigenvalue weighted by atomic mass is 16.5. The summed E-state index contributed by atoms with van der Waals surface area (Å²) < 4.78 is 12.1. The van der Waals surface area contributed by atoms with Gasteiger partial charge < -0.3 is 19.7 Å². The van der Waals surface area contributed by atoms with Gasteiger partial charge in [-0.3, -0.25) is 4.98 Å². The molecule has 1 N–H and O–H groups in total. The molecule has 190 valence electrons. The standard InChI is InChI=1S/C28H36N6O2/c1-3-23(4-2-20(1)17-27-31-10-7-24(33-27)21-5-8-29-9-6-21)36-26-19-22(34-13-15-35-16-14-34)18-25-28(26)32-12-11-30-25/h7,10-12,18-21,23,29H,1-6,8-9,13-17H2. The number of piperidine rings is 1. The van der Waals surface area contributed by atoms with Crippen molar-refractivity contribution in [2.24, 2.45) is 5.92 Å². The van der Waals surface area contributed by atoms with E-state index in [4.69, 9.17) is 14.5 Å². The number of aromatic nitrogens is 4. The zero-order chi connectivity index (χ0) is 24.2. The van der Waals surface area contributed by atoms with Gasteiger partial charge >= 0.3 is 0 Å². The van der Waals surface area contributed by atoms with Crippen molar-refractivity contribution in [1.29, 1.82) is 0 Å². The molecule has 1 saturated carbocycles. The number of nitrogens with zero attached hydrogens (tertiary/aromatic N) is 5. The summed E-state index contributed by atoms with van der Waals surface area (Å²) in [5.41, 5.74) is 4.10. The molecule has 36 heavy (non-hydrogen) atoms. The molecule has 3 aliphatic rings. The largest absolute Gasteiger partial charge is 0.488 e. The Balaban J connectivity index is 1.10. The highest BCUT2D eigenvalue weighted by Crippen LogP contribution is 2.34. The van der Waals surface area contributed by atoms with E-state index < -0.39 is 0 Å². The van der Waals surface area contributed by atoms with E-state index in [2.05, 4.69) is 43.4 Å². The number of fused-ring (bicyclic) bond motifs is 1. The van der Waals surface area contributed by atoms with Crippen LogP contribution in [0.25, 0.3) is 11.0 Å². The Bertz CT molecular complexity index is 1150. The molecule has 6 rings (SSSR count). The molecule has 2 saturated heterocycles. The summed E-state index contributed by atoms with van der Waals surface area (Å²) in [6, 6.07) is 6.38. The predicted molar refractivity (Wildman–Crippen MR) is 140 cm³/mol. The molecular formula is C28H36N6O2. The molecule has 3 aromatic rings. The number of hydrogen-bond donors (Lipinski definition) is 1. The van der Waals surface area contributed by atoms with Crippen LogP contribution in [-0.2, 0) is 11.2 Å². The third-order valence-corrected chi connectivity index (χ3v) is 7.94. The van der Waals surface area contributed by atoms with Crippen molar-refractivity contribution in [2.45, 2.75) is 57.0 Å². The first-order valence-electron chi connectivity index (χ1n) is 13.6. The molecule has 0 radical (unpaired) electrons. The van der Waals surface area contributed by atoms with Crippen LogP contribution in [0.5, 0.6) is 5.75 Å².